The average molecular weight is 213 g/mol. The second-order valence-corrected chi connectivity index (χ2v) is 2.80. The van der Waals surface area contributed by atoms with Gasteiger partial charge in [0.05, 0.1) is 0 Å². The van der Waals surface area contributed by atoms with Crippen LogP contribution in [0.1, 0.15) is 0 Å². The Balaban J connectivity index is 2.51. The van der Waals surface area contributed by atoms with Crippen LogP contribution in [0.25, 0.3) is 11.5 Å². The Bertz CT molecular complexity index is 447. The molecule has 0 radical (unpaired) electrons. The summed E-state index contributed by atoms with van der Waals surface area (Å²) >= 11 is 0. The van der Waals surface area contributed by atoms with E-state index in [1.54, 1.807) is 12.1 Å². The van der Waals surface area contributed by atoms with Gasteiger partial charge in [0, 0.05) is 18.6 Å². The third kappa shape index (κ3) is 1.83. The Morgan fingerprint density at radius 1 is 1.07 bits per heavy atom. The van der Waals surface area contributed by atoms with Gasteiger partial charge in [0.1, 0.15) is 5.69 Å². The number of hydrogen-bond donors (Lipinski definition) is 0. The zero-order valence-corrected chi connectivity index (χ0v) is 7.44. The monoisotopic (exact) mass is 213 g/mol. The smallest absolute Gasteiger partial charge is 0.253 e. The Labute approximate surface area is 83.2 Å². The van der Waals surface area contributed by atoms with Gasteiger partial charge in [-0.3, -0.25) is 4.98 Å². The highest BCUT2D eigenvalue weighted by atomic mass is 19.4. The average Bonchev–Trinajstić information content (AvgIpc) is 2.67. The van der Waals surface area contributed by atoms with Crippen molar-refractivity contribution >= 4 is 0 Å². The number of imidazole rings is 1. The van der Waals surface area contributed by atoms with Crippen molar-refractivity contribution in [2.45, 2.75) is 6.30 Å². The van der Waals surface area contributed by atoms with E-state index in [2.05, 4.69) is 9.97 Å². The standard InChI is InChI=1S/C9H6F3N3/c10-9(11,12)15-6-5-14-8(15)7-3-1-2-4-13-7/h1-6H. The molecule has 0 spiro atoms. The van der Waals surface area contributed by atoms with Crippen molar-refractivity contribution < 1.29 is 13.2 Å². The number of rotatable bonds is 1. The lowest BCUT2D eigenvalue weighted by Crippen LogP contribution is -2.17. The van der Waals surface area contributed by atoms with Crippen LogP contribution in [0.3, 0.4) is 0 Å². The Morgan fingerprint density at radius 3 is 2.47 bits per heavy atom. The predicted molar refractivity (Wildman–Crippen MR) is 46.8 cm³/mol. The van der Waals surface area contributed by atoms with Crippen molar-refractivity contribution in [3.63, 3.8) is 0 Å². The lowest BCUT2D eigenvalue weighted by atomic mass is 10.3. The van der Waals surface area contributed by atoms with E-state index < -0.39 is 6.30 Å². The van der Waals surface area contributed by atoms with Crippen LogP contribution >= 0.6 is 0 Å². The molecule has 0 bridgehead atoms. The highest BCUT2D eigenvalue weighted by Crippen LogP contribution is 2.27. The van der Waals surface area contributed by atoms with Gasteiger partial charge >= 0.3 is 6.30 Å². The molecular formula is C9H6F3N3. The zero-order chi connectivity index (χ0) is 10.9. The first kappa shape index (κ1) is 9.70. The summed E-state index contributed by atoms with van der Waals surface area (Å²) in [4.78, 5) is 7.45. The molecule has 6 heteroatoms. The fourth-order valence-corrected chi connectivity index (χ4v) is 1.19. The normalized spacial score (nSPS) is 11.7. The van der Waals surface area contributed by atoms with Crippen molar-refractivity contribution in [2.24, 2.45) is 0 Å². The molecule has 78 valence electrons. The van der Waals surface area contributed by atoms with E-state index in [1.165, 1.54) is 12.3 Å². The van der Waals surface area contributed by atoms with Gasteiger partial charge in [0.2, 0.25) is 0 Å². The summed E-state index contributed by atoms with van der Waals surface area (Å²) in [5.74, 6) is -0.205. The van der Waals surface area contributed by atoms with E-state index in [-0.39, 0.29) is 16.1 Å². The van der Waals surface area contributed by atoms with Crippen molar-refractivity contribution in [3.8, 4) is 11.5 Å². The topological polar surface area (TPSA) is 30.7 Å². The molecule has 0 aliphatic rings. The summed E-state index contributed by atoms with van der Waals surface area (Å²) in [6.07, 6.45) is -1.09. The summed E-state index contributed by atoms with van der Waals surface area (Å²) in [6.45, 7) is 0. The molecule has 0 aromatic carbocycles. The van der Waals surface area contributed by atoms with E-state index in [9.17, 15) is 13.2 Å². The fourth-order valence-electron chi connectivity index (χ4n) is 1.19. The highest BCUT2D eigenvalue weighted by Gasteiger charge is 2.33. The van der Waals surface area contributed by atoms with Gasteiger partial charge in [-0.1, -0.05) is 6.07 Å². The second kappa shape index (κ2) is 3.38. The molecule has 2 aromatic heterocycles. The van der Waals surface area contributed by atoms with Crippen LogP contribution in [0.5, 0.6) is 0 Å². The van der Waals surface area contributed by atoms with Gasteiger partial charge in [-0.2, -0.15) is 0 Å². The molecule has 0 N–H and O–H groups in total. The van der Waals surface area contributed by atoms with E-state index in [0.717, 1.165) is 12.4 Å². The van der Waals surface area contributed by atoms with Crippen LogP contribution in [-0.4, -0.2) is 14.5 Å². The first-order valence-corrected chi connectivity index (χ1v) is 4.11. The molecule has 0 aliphatic carbocycles. The predicted octanol–water partition coefficient (Wildman–Crippen LogP) is 2.42. The van der Waals surface area contributed by atoms with E-state index in [4.69, 9.17) is 0 Å². The quantitative estimate of drug-likeness (QED) is 0.728. The summed E-state index contributed by atoms with van der Waals surface area (Å²) < 4.78 is 37.5. The Morgan fingerprint density at radius 2 is 1.87 bits per heavy atom. The molecule has 2 aromatic rings. The minimum atomic E-state index is -4.47. The maximum atomic E-state index is 12.5. The van der Waals surface area contributed by atoms with Gasteiger partial charge in [-0.25, -0.2) is 9.55 Å². The maximum absolute atomic E-state index is 12.5. The summed E-state index contributed by atoms with van der Waals surface area (Å²) in [7, 11) is 0. The van der Waals surface area contributed by atoms with Gasteiger partial charge < -0.3 is 0 Å². The van der Waals surface area contributed by atoms with Crippen molar-refractivity contribution in [1.29, 1.82) is 0 Å². The molecule has 2 heterocycles. The van der Waals surface area contributed by atoms with Gasteiger partial charge in [0.25, 0.3) is 0 Å². The zero-order valence-electron chi connectivity index (χ0n) is 7.44. The number of pyridine rings is 1. The molecular weight excluding hydrogens is 207 g/mol. The number of nitrogens with zero attached hydrogens (tertiary/aromatic N) is 3. The molecule has 0 fully saturated rings. The largest absolute Gasteiger partial charge is 0.490 e. The number of hydrogen-bond acceptors (Lipinski definition) is 2. The van der Waals surface area contributed by atoms with Crippen LogP contribution in [-0.2, 0) is 6.30 Å². The summed E-state index contributed by atoms with van der Waals surface area (Å²) in [5.41, 5.74) is 0.194. The van der Waals surface area contributed by atoms with E-state index >= 15 is 0 Å². The lowest BCUT2D eigenvalue weighted by molar-refractivity contribution is -0.202. The molecule has 0 amide bonds. The van der Waals surface area contributed by atoms with E-state index in [0.29, 0.717) is 0 Å². The van der Waals surface area contributed by atoms with Crippen LogP contribution in [0.15, 0.2) is 36.8 Å². The lowest BCUT2D eigenvalue weighted by Gasteiger charge is -2.10. The van der Waals surface area contributed by atoms with Crippen LogP contribution < -0.4 is 0 Å². The van der Waals surface area contributed by atoms with Crippen molar-refractivity contribution in [3.05, 3.63) is 36.8 Å². The molecule has 0 unspecified atom stereocenters. The van der Waals surface area contributed by atoms with Crippen molar-refractivity contribution in [2.75, 3.05) is 0 Å². The second-order valence-electron chi connectivity index (χ2n) is 2.80. The first-order valence-electron chi connectivity index (χ1n) is 4.11. The fraction of sp³-hybridized carbons (Fsp3) is 0.111. The number of aromatic nitrogens is 3. The summed E-state index contributed by atoms with van der Waals surface area (Å²) in [6, 6.07) is 4.71. The SMILES string of the molecule is FC(F)(F)n1ccnc1-c1ccccn1. The van der Waals surface area contributed by atoms with E-state index in [1.807, 2.05) is 0 Å². The van der Waals surface area contributed by atoms with Gasteiger partial charge in [0.15, 0.2) is 5.82 Å². The minimum absolute atomic E-state index is 0.134. The van der Waals surface area contributed by atoms with Crippen LogP contribution in [0.4, 0.5) is 13.2 Å². The molecule has 0 aliphatic heterocycles. The number of alkyl halides is 3. The maximum Gasteiger partial charge on any atom is 0.490 e. The van der Waals surface area contributed by atoms with Crippen molar-refractivity contribution in [1.82, 2.24) is 14.5 Å². The first-order chi connectivity index (χ1) is 7.09. The highest BCUT2D eigenvalue weighted by molar-refractivity contribution is 5.49. The molecule has 0 atom stereocenters. The molecule has 3 nitrogen and oxygen atoms in total. The van der Waals surface area contributed by atoms with Crippen LogP contribution in [0, 0.1) is 0 Å². The molecule has 15 heavy (non-hydrogen) atoms. The third-order valence-electron chi connectivity index (χ3n) is 1.81. The Kier molecular flexibility index (Phi) is 2.18. The molecule has 2 rings (SSSR count). The number of halogens is 3. The van der Waals surface area contributed by atoms with Gasteiger partial charge in [-0.15, -0.1) is 13.2 Å². The summed E-state index contributed by atoms with van der Waals surface area (Å²) in [5, 5.41) is 0. The third-order valence-corrected chi connectivity index (χ3v) is 1.81. The van der Waals surface area contributed by atoms with Gasteiger partial charge in [-0.05, 0) is 12.1 Å². The minimum Gasteiger partial charge on any atom is -0.253 e. The Hall–Kier alpha value is -1.85. The molecule has 0 saturated carbocycles. The molecule has 0 saturated heterocycles. The van der Waals surface area contributed by atoms with Crippen LogP contribution in [0.2, 0.25) is 0 Å².